The van der Waals surface area contributed by atoms with Crippen molar-refractivity contribution in [3.63, 3.8) is 0 Å². The monoisotopic (exact) mass is 298 g/mol. The molecule has 0 radical (unpaired) electrons. The van der Waals surface area contributed by atoms with Crippen LogP contribution < -0.4 is 5.43 Å². The fraction of sp³-hybridized carbons (Fsp3) is 0. The second kappa shape index (κ2) is 5.85. The van der Waals surface area contributed by atoms with Crippen LogP contribution in [0.25, 0.3) is 10.2 Å². The third-order valence-electron chi connectivity index (χ3n) is 2.59. The molecule has 1 N–H and O–H groups in total. The first kappa shape index (κ1) is 12.8. The molecule has 20 heavy (non-hydrogen) atoms. The van der Waals surface area contributed by atoms with Crippen LogP contribution in [0.4, 0.5) is 0 Å². The Hall–Kier alpha value is -2.18. The van der Waals surface area contributed by atoms with Gasteiger partial charge >= 0.3 is 0 Å². The largest absolute Gasteiger partial charge is 0.267 e. The quantitative estimate of drug-likeness (QED) is 0.459. The van der Waals surface area contributed by atoms with Gasteiger partial charge in [-0.05, 0) is 24.3 Å². The van der Waals surface area contributed by atoms with Crippen molar-refractivity contribution < 1.29 is 0 Å². The Labute approximate surface area is 125 Å². The zero-order valence-electron chi connectivity index (χ0n) is 10.4. The average Bonchev–Trinajstić information content (AvgIpc) is 2.90. The molecule has 4 nitrogen and oxygen atoms in total. The highest BCUT2D eigenvalue weighted by molar-refractivity contribution is 7.80. The summed E-state index contributed by atoms with van der Waals surface area (Å²) in [5.41, 5.74) is 4.70. The van der Waals surface area contributed by atoms with E-state index < -0.39 is 0 Å². The molecule has 2 heterocycles. The Morgan fingerprint density at radius 1 is 1.20 bits per heavy atom. The van der Waals surface area contributed by atoms with E-state index in [1.807, 2.05) is 36.4 Å². The highest BCUT2D eigenvalue weighted by Gasteiger charge is 2.01. The molecule has 3 rings (SSSR count). The summed E-state index contributed by atoms with van der Waals surface area (Å²) in [6.45, 7) is 0. The van der Waals surface area contributed by atoms with E-state index in [1.54, 1.807) is 29.9 Å². The summed E-state index contributed by atoms with van der Waals surface area (Å²) in [4.78, 5) is 8.96. The number of hydrogen-bond acceptors (Lipinski definition) is 5. The molecule has 0 amide bonds. The van der Waals surface area contributed by atoms with Crippen molar-refractivity contribution in [2.45, 2.75) is 0 Å². The summed E-state index contributed by atoms with van der Waals surface area (Å²) >= 11 is 6.82. The first-order valence-electron chi connectivity index (χ1n) is 5.92. The molecule has 6 heteroatoms. The Morgan fingerprint density at radius 3 is 2.80 bits per heavy atom. The smallest absolute Gasteiger partial charge is 0.137 e. The topological polar surface area (TPSA) is 50.2 Å². The minimum atomic E-state index is 0.560. The van der Waals surface area contributed by atoms with Gasteiger partial charge in [0.2, 0.25) is 0 Å². The van der Waals surface area contributed by atoms with Gasteiger partial charge in [0.1, 0.15) is 10.00 Å². The molecule has 0 saturated carbocycles. The molecule has 0 aliphatic carbocycles. The number of hydrogen-bond donors (Lipinski definition) is 1. The molecule has 0 saturated heterocycles. The van der Waals surface area contributed by atoms with Crippen LogP contribution in [0.3, 0.4) is 0 Å². The lowest BCUT2D eigenvalue weighted by molar-refractivity contribution is 1.05. The van der Waals surface area contributed by atoms with Crippen molar-refractivity contribution in [3.05, 3.63) is 59.4 Å². The van der Waals surface area contributed by atoms with Gasteiger partial charge in [-0.15, -0.1) is 11.3 Å². The second-order valence-electron chi connectivity index (χ2n) is 3.95. The third kappa shape index (κ3) is 2.87. The standard InChI is InChI=1S/C14H10N4S2/c19-14(10-5-7-15-8-6-10)18-16-9-13-17-11-3-1-2-4-12(11)20-13/h1-9H,(H,18,19). The maximum Gasteiger partial charge on any atom is 0.137 e. The van der Waals surface area contributed by atoms with E-state index in [4.69, 9.17) is 12.2 Å². The number of fused-ring (bicyclic) bond motifs is 1. The van der Waals surface area contributed by atoms with Gasteiger partial charge in [-0.25, -0.2) is 4.98 Å². The number of benzene rings is 1. The highest BCUT2D eigenvalue weighted by Crippen LogP contribution is 2.19. The maximum atomic E-state index is 5.23. The lowest BCUT2D eigenvalue weighted by atomic mass is 10.3. The number of rotatable bonds is 3. The summed E-state index contributed by atoms with van der Waals surface area (Å²) in [6.07, 6.45) is 5.07. The van der Waals surface area contributed by atoms with Gasteiger partial charge in [-0.3, -0.25) is 10.4 Å². The number of thiocarbonyl (C=S) groups is 1. The first-order valence-corrected chi connectivity index (χ1v) is 7.14. The van der Waals surface area contributed by atoms with E-state index >= 15 is 0 Å². The van der Waals surface area contributed by atoms with E-state index in [1.165, 1.54) is 0 Å². The predicted molar refractivity (Wildman–Crippen MR) is 86.3 cm³/mol. The molecule has 0 atom stereocenters. The molecule has 0 aliphatic heterocycles. The van der Waals surface area contributed by atoms with Crippen molar-refractivity contribution in [3.8, 4) is 0 Å². The van der Waals surface area contributed by atoms with E-state index in [0.717, 1.165) is 20.8 Å². The number of pyridine rings is 1. The fourth-order valence-corrected chi connectivity index (χ4v) is 2.69. The van der Waals surface area contributed by atoms with Crippen LogP contribution in [0.2, 0.25) is 0 Å². The van der Waals surface area contributed by atoms with Crippen LogP contribution in [0, 0.1) is 0 Å². The van der Waals surface area contributed by atoms with E-state index in [0.29, 0.717) is 4.99 Å². The molecule has 0 spiro atoms. The molecule has 98 valence electrons. The number of nitrogens with zero attached hydrogens (tertiary/aromatic N) is 3. The minimum Gasteiger partial charge on any atom is -0.267 e. The average molecular weight is 298 g/mol. The molecule has 1 aromatic carbocycles. The summed E-state index contributed by atoms with van der Waals surface area (Å²) in [5, 5.41) is 4.97. The van der Waals surface area contributed by atoms with Crippen molar-refractivity contribution >= 4 is 45.0 Å². The molecule has 0 fully saturated rings. The van der Waals surface area contributed by atoms with Gasteiger partial charge < -0.3 is 0 Å². The van der Waals surface area contributed by atoms with Gasteiger partial charge in [0.15, 0.2) is 0 Å². The van der Waals surface area contributed by atoms with Crippen LogP contribution >= 0.6 is 23.6 Å². The molecule has 0 aliphatic rings. The normalized spacial score (nSPS) is 11.0. The Kier molecular flexibility index (Phi) is 3.76. The number of nitrogens with one attached hydrogen (secondary N) is 1. The number of hydrazone groups is 1. The molecule has 0 unspecified atom stereocenters. The van der Waals surface area contributed by atoms with Crippen molar-refractivity contribution in [1.29, 1.82) is 0 Å². The summed E-state index contributed by atoms with van der Waals surface area (Å²) < 4.78 is 1.14. The van der Waals surface area contributed by atoms with Gasteiger partial charge in [0, 0.05) is 18.0 Å². The van der Waals surface area contributed by atoms with Crippen molar-refractivity contribution in [2.24, 2.45) is 5.10 Å². The Balaban J connectivity index is 1.70. The number of thiazole rings is 1. The highest BCUT2D eigenvalue weighted by atomic mass is 32.1. The molecular formula is C14H10N4S2. The number of aromatic nitrogens is 2. The molecule has 3 aromatic rings. The Morgan fingerprint density at radius 2 is 2.00 bits per heavy atom. The minimum absolute atomic E-state index is 0.560. The van der Waals surface area contributed by atoms with Crippen LogP contribution in [-0.4, -0.2) is 21.2 Å². The van der Waals surface area contributed by atoms with Crippen LogP contribution in [0.1, 0.15) is 10.6 Å². The van der Waals surface area contributed by atoms with Gasteiger partial charge in [0.05, 0.1) is 16.4 Å². The lowest BCUT2D eigenvalue weighted by Crippen LogP contribution is -2.16. The van der Waals surface area contributed by atoms with Crippen LogP contribution in [0.15, 0.2) is 53.9 Å². The van der Waals surface area contributed by atoms with E-state index in [2.05, 4.69) is 20.5 Å². The van der Waals surface area contributed by atoms with Gasteiger partial charge in [-0.2, -0.15) is 5.10 Å². The third-order valence-corrected chi connectivity index (χ3v) is 3.89. The van der Waals surface area contributed by atoms with Crippen molar-refractivity contribution in [1.82, 2.24) is 15.4 Å². The van der Waals surface area contributed by atoms with Gasteiger partial charge in [-0.1, -0.05) is 24.4 Å². The summed E-state index contributed by atoms with van der Waals surface area (Å²) in [5.74, 6) is 0. The summed E-state index contributed by atoms with van der Waals surface area (Å²) in [7, 11) is 0. The molecular weight excluding hydrogens is 288 g/mol. The molecule has 0 bridgehead atoms. The van der Waals surface area contributed by atoms with Crippen LogP contribution in [0.5, 0.6) is 0 Å². The van der Waals surface area contributed by atoms with Crippen LogP contribution in [-0.2, 0) is 0 Å². The molecule has 2 aromatic heterocycles. The Bertz CT molecular complexity index is 732. The SMILES string of the molecule is S=C(NN=Cc1nc2ccccc2s1)c1ccncc1. The summed E-state index contributed by atoms with van der Waals surface area (Å²) in [6, 6.07) is 11.7. The fourth-order valence-electron chi connectivity index (χ4n) is 1.66. The lowest BCUT2D eigenvalue weighted by Gasteiger charge is -2.00. The second-order valence-corrected chi connectivity index (χ2v) is 5.43. The number of para-hydroxylation sites is 1. The van der Waals surface area contributed by atoms with E-state index in [9.17, 15) is 0 Å². The van der Waals surface area contributed by atoms with Gasteiger partial charge in [0.25, 0.3) is 0 Å². The zero-order chi connectivity index (χ0) is 13.8. The van der Waals surface area contributed by atoms with Crippen molar-refractivity contribution in [2.75, 3.05) is 0 Å². The van der Waals surface area contributed by atoms with E-state index in [-0.39, 0.29) is 0 Å². The predicted octanol–water partition coefficient (Wildman–Crippen LogP) is 2.99. The first-order chi connectivity index (χ1) is 9.83. The zero-order valence-corrected chi connectivity index (χ0v) is 12.0. The maximum absolute atomic E-state index is 5.23.